The van der Waals surface area contributed by atoms with Crippen molar-refractivity contribution in [2.24, 2.45) is 0 Å². The van der Waals surface area contributed by atoms with Crippen molar-refractivity contribution in [3.63, 3.8) is 0 Å². The van der Waals surface area contributed by atoms with Crippen LogP contribution in [0.2, 0.25) is 0 Å². The van der Waals surface area contributed by atoms with Gasteiger partial charge in [-0.25, -0.2) is 9.78 Å². The fourth-order valence-electron chi connectivity index (χ4n) is 4.08. The number of carboxylic acids is 1. The maximum atomic E-state index is 11.1. The van der Waals surface area contributed by atoms with E-state index in [4.69, 9.17) is 14.6 Å². The van der Waals surface area contributed by atoms with Gasteiger partial charge in [0, 0.05) is 51.0 Å². The lowest BCUT2D eigenvalue weighted by Crippen LogP contribution is -2.47. The van der Waals surface area contributed by atoms with Crippen molar-refractivity contribution in [2.75, 3.05) is 50.8 Å². The summed E-state index contributed by atoms with van der Waals surface area (Å²) < 4.78 is 13.4. The molecule has 1 aromatic heterocycles. The lowest BCUT2D eigenvalue weighted by molar-refractivity contribution is 0.0697. The predicted molar refractivity (Wildman–Crippen MR) is 113 cm³/mol. The molecule has 0 unspecified atom stereocenters. The molecule has 1 fully saturated rings. The molecule has 2 aliphatic rings. The van der Waals surface area contributed by atoms with Crippen LogP contribution < -0.4 is 14.4 Å². The summed E-state index contributed by atoms with van der Waals surface area (Å²) in [6.07, 6.45) is 1.79. The molecule has 3 aromatic rings. The topological polar surface area (TPSA) is 80.1 Å². The minimum atomic E-state index is -0.928. The highest BCUT2D eigenvalue weighted by Gasteiger charge is 2.20. The molecule has 30 heavy (non-hydrogen) atoms. The molecule has 0 radical (unpaired) electrons. The van der Waals surface area contributed by atoms with Crippen LogP contribution in [0.5, 0.6) is 11.5 Å². The summed E-state index contributed by atoms with van der Waals surface area (Å²) in [4.78, 5) is 20.3. The van der Waals surface area contributed by atoms with Gasteiger partial charge in [0.15, 0.2) is 11.5 Å². The Morgan fingerprint density at radius 3 is 2.57 bits per heavy atom. The van der Waals surface area contributed by atoms with E-state index in [0.717, 1.165) is 61.8 Å². The summed E-state index contributed by atoms with van der Waals surface area (Å²) >= 11 is 0. The second kappa shape index (κ2) is 7.87. The summed E-state index contributed by atoms with van der Waals surface area (Å²) in [5.41, 5.74) is 3.13. The van der Waals surface area contributed by atoms with E-state index in [9.17, 15) is 4.79 Å². The van der Waals surface area contributed by atoms with E-state index in [-0.39, 0.29) is 5.56 Å². The van der Waals surface area contributed by atoms with Gasteiger partial charge < -0.3 is 24.0 Å². The maximum Gasteiger partial charge on any atom is 0.335 e. The molecule has 0 aliphatic carbocycles. The van der Waals surface area contributed by atoms with E-state index in [1.807, 2.05) is 12.1 Å². The van der Waals surface area contributed by atoms with Crippen LogP contribution in [0.4, 0.5) is 5.69 Å². The fraction of sp³-hybridized carbons (Fsp3) is 0.364. The van der Waals surface area contributed by atoms with Gasteiger partial charge in [-0.1, -0.05) is 0 Å². The van der Waals surface area contributed by atoms with Crippen LogP contribution in [0.15, 0.2) is 42.7 Å². The number of imidazole rings is 1. The number of hydrogen-bond acceptors (Lipinski definition) is 6. The monoisotopic (exact) mass is 408 g/mol. The highest BCUT2D eigenvalue weighted by molar-refractivity contribution is 5.92. The van der Waals surface area contributed by atoms with Crippen molar-refractivity contribution < 1.29 is 19.4 Å². The Morgan fingerprint density at radius 1 is 0.967 bits per heavy atom. The standard InChI is InChI=1S/C22H24N4O4/c27-22(28)16-1-3-19-18(13-16)23-15-26(19)10-7-24-5-8-25(9-6-24)17-2-4-20-21(14-17)30-12-11-29-20/h1-4,13-15H,5-12H2,(H,27,28). The Balaban J connectivity index is 1.18. The number of hydrogen-bond donors (Lipinski definition) is 1. The van der Waals surface area contributed by atoms with E-state index >= 15 is 0 Å². The van der Waals surface area contributed by atoms with E-state index in [1.54, 1.807) is 18.5 Å². The van der Waals surface area contributed by atoms with Gasteiger partial charge in [0.1, 0.15) is 13.2 Å². The van der Waals surface area contributed by atoms with Crippen molar-refractivity contribution >= 4 is 22.7 Å². The van der Waals surface area contributed by atoms with Gasteiger partial charge >= 0.3 is 5.97 Å². The lowest BCUT2D eigenvalue weighted by Gasteiger charge is -2.36. The molecule has 0 saturated carbocycles. The van der Waals surface area contributed by atoms with Crippen molar-refractivity contribution in [1.29, 1.82) is 0 Å². The third kappa shape index (κ3) is 3.66. The molecule has 0 bridgehead atoms. The second-order valence-corrected chi connectivity index (χ2v) is 7.60. The summed E-state index contributed by atoms with van der Waals surface area (Å²) in [6, 6.07) is 11.3. The fourth-order valence-corrected chi connectivity index (χ4v) is 4.08. The number of fused-ring (bicyclic) bond motifs is 2. The number of nitrogens with zero attached hydrogens (tertiary/aromatic N) is 4. The number of benzene rings is 2. The zero-order valence-corrected chi connectivity index (χ0v) is 16.7. The molecule has 0 spiro atoms. The SMILES string of the molecule is O=C(O)c1ccc2c(c1)ncn2CCN1CCN(c2ccc3c(c2)OCCO3)CC1. The number of rotatable bonds is 5. The second-order valence-electron chi connectivity index (χ2n) is 7.60. The van der Waals surface area contributed by atoms with E-state index < -0.39 is 5.97 Å². The minimum absolute atomic E-state index is 0.267. The molecule has 5 rings (SSSR count). The zero-order valence-electron chi connectivity index (χ0n) is 16.7. The zero-order chi connectivity index (χ0) is 20.5. The smallest absolute Gasteiger partial charge is 0.335 e. The van der Waals surface area contributed by atoms with Gasteiger partial charge in [0.05, 0.1) is 22.9 Å². The molecule has 0 atom stereocenters. The molecule has 2 aliphatic heterocycles. The summed E-state index contributed by atoms with van der Waals surface area (Å²) in [6.45, 7) is 6.88. The molecule has 2 aromatic carbocycles. The van der Waals surface area contributed by atoms with Gasteiger partial charge in [-0.15, -0.1) is 0 Å². The molecule has 156 valence electrons. The van der Waals surface area contributed by atoms with Crippen LogP contribution in [-0.2, 0) is 6.54 Å². The van der Waals surface area contributed by atoms with Crippen LogP contribution in [0.3, 0.4) is 0 Å². The van der Waals surface area contributed by atoms with Gasteiger partial charge in [-0.3, -0.25) is 4.90 Å². The summed E-state index contributed by atoms with van der Waals surface area (Å²) in [5, 5.41) is 9.13. The Morgan fingerprint density at radius 2 is 1.77 bits per heavy atom. The highest BCUT2D eigenvalue weighted by atomic mass is 16.6. The Bertz CT molecular complexity index is 1070. The van der Waals surface area contributed by atoms with Crippen LogP contribution in [0.25, 0.3) is 11.0 Å². The average molecular weight is 408 g/mol. The Labute approximate surface area is 174 Å². The van der Waals surface area contributed by atoms with Crippen molar-refractivity contribution in [3.8, 4) is 11.5 Å². The van der Waals surface area contributed by atoms with Crippen molar-refractivity contribution in [2.45, 2.75) is 6.54 Å². The largest absolute Gasteiger partial charge is 0.486 e. The normalized spacial score (nSPS) is 16.7. The average Bonchev–Trinajstić information content (AvgIpc) is 3.20. The van der Waals surface area contributed by atoms with E-state index in [0.29, 0.717) is 13.2 Å². The van der Waals surface area contributed by atoms with Gasteiger partial charge in [-0.2, -0.15) is 0 Å². The van der Waals surface area contributed by atoms with Crippen LogP contribution in [0, 0.1) is 0 Å². The molecule has 0 amide bonds. The third-order valence-corrected chi connectivity index (χ3v) is 5.79. The predicted octanol–water partition coefficient (Wildman–Crippen LogP) is 2.33. The molecule has 1 N–H and O–H groups in total. The maximum absolute atomic E-state index is 11.1. The number of aromatic nitrogens is 2. The van der Waals surface area contributed by atoms with E-state index in [1.165, 1.54) is 5.69 Å². The van der Waals surface area contributed by atoms with Gasteiger partial charge in [0.25, 0.3) is 0 Å². The third-order valence-electron chi connectivity index (χ3n) is 5.79. The first-order valence-electron chi connectivity index (χ1n) is 10.2. The minimum Gasteiger partial charge on any atom is -0.486 e. The summed E-state index contributed by atoms with van der Waals surface area (Å²) in [7, 11) is 0. The Hall–Kier alpha value is -3.26. The van der Waals surface area contributed by atoms with Gasteiger partial charge in [-0.05, 0) is 30.3 Å². The molecule has 8 nitrogen and oxygen atoms in total. The highest BCUT2D eigenvalue weighted by Crippen LogP contribution is 2.34. The Kier molecular flexibility index (Phi) is 4.92. The summed E-state index contributed by atoms with van der Waals surface area (Å²) in [5.74, 6) is 0.730. The molecule has 1 saturated heterocycles. The van der Waals surface area contributed by atoms with E-state index in [2.05, 4.69) is 31.5 Å². The van der Waals surface area contributed by atoms with Gasteiger partial charge in [0.2, 0.25) is 0 Å². The number of carbonyl (C=O) groups is 1. The molecule has 8 heteroatoms. The number of piperazine rings is 1. The molecular formula is C22H24N4O4. The lowest BCUT2D eigenvalue weighted by atomic mass is 10.2. The molecule has 3 heterocycles. The number of anilines is 1. The number of ether oxygens (including phenoxy) is 2. The number of aromatic carboxylic acids is 1. The van der Waals surface area contributed by atoms with Crippen LogP contribution in [-0.4, -0.2) is 71.5 Å². The quantitative estimate of drug-likeness (QED) is 0.694. The first kappa shape index (κ1) is 18.7. The molecular weight excluding hydrogens is 384 g/mol. The first-order chi connectivity index (χ1) is 14.7. The van der Waals surface area contributed by atoms with Crippen LogP contribution >= 0.6 is 0 Å². The first-order valence-corrected chi connectivity index (χ1v) is 10.2. The van der Waals surface area contributed by atoms with Crippen LogP contribution in [0.1, 0.15) is 10.4 Å². The van der Waals surface area contributed by atoms with Crippen molar-refractivity contribution in [1.82, 2.24) is 14.5 Å². The number of carboxylic acid groups (broad SMARTS) is 1. The van der Waals surface area contributed by atoms with Crippen molar-refractivity contribution in [3.05, 3.63) is 48.3 Å².